The minimum absolute atomic E-state index is 0.830. The van der Waals surface area contributed by atoms with Crippen molar-refractivity contribution in [2.75, 3.05) is 12.7 Å². The third-order valence-corrected chi connectivity index (χ3v) is 2.26. The van der Waals surface area contributed by atoms with Crippen LogP contribution in [0, 0.1) is 0 Å². The van der Waals surface area contributed by atoms with Crippen molar-refractivity contribution in [3.8, 4) is 0 Å². The monoisotopic (exact) mass is 145 g/mol. The Morgan fingerprint density at radius 1 is 1.44 bits per heavy atom. The van der Waals surface area contributed by atoms with Crippen molar-refractivity contribution in [1.29, 1.82) is 0 Å². The normalized spacial score (nSPS) is 28.3. The fraction of sp³-hybridized carbons (Fsp3) is 1.00. The number of nitrogens with one attached hydrogen (secondary N) is 1. The second-order valence-electron chi connectivity index (χ2n) is 2.72. The van der Waals surface area contributed by atoms with Gasteiger partial charge in [0.1, 0.15) is 0 Å². The summed E-state index contributed by atoms with van der Waals surface area (Å²) in [5.74, 6) is 0. The van der Waals surface area contributed by atoms with Gasteiger partial charge in [-0.15, -0.1) is 9.24 Å². The van der Waals surface area contributed by atoms with Crippen LogP contribution in [0.3, 0.4) is 0 Å². The number of hydrogen-bond donors (Lipinski definition) is 1. The summed E-state index contributed by atoms with van der Waals surface area (Å²) in [5, 5.41) is 3.51. The summed E-state index contributed by atoms with van der Waals surface area (Å²) in [6.07, 6.45) is 6.80. The molecule has 0 aliphatic carbocycles. The Morgan fingerprint density at radius 3 is 2.89 bits per heavy atom. The molecule has 2 heteroatoms. The van der Waals surface area contributed by atoms with E-state index in [9.17, 15) is 0 Å². The quantitative estimate of drug-likeness (QED) is 0.579. The summed E-state index contributed by atoms with van der Waals surface area (Å²) in [7, 11) is 2.79. The molecule has 0 aromatic heterocycles. The molecule has 2 atom stereocenters. The lowest BCUT2D eigenvalue weighted by Crippen LogP contribution is -2.34. The van der Waals surface area contributed by atoms with E-state index in [1.54, 1.807) is 0 Å². The molecule has 1 aliphatic heterocycles. The van der Waals surface area contributed by atoms with E-state index in [2.05, 4.69) is 14.6 Å². The lowest BCUT2D eigenvalue weighted by atomic mass is 10.0. The molecule has 0 aromatic rings. The molecule has 54 valence electrons. The SMILES string of the molecule is PCCC1CCCCN1. The lowest BCUT2D eigenvalue weighted by molar-refractivity contribution is 0.394. The number of rotatable bonds is 2. The zero-order valence-electron chi connectivity index (χ0n) is 5.90. The Bertz CT molecular complexity index is 66.6. The standard InChI is InChI=1S/C7H16NP/c9-6-4-7-3-1-2-5-8-7/h7-8H,1-6,9H2. The molecule has 0 amide bonds. The third kappa shape index (κ3) is 2.64. The Kier molecular flexibility index (Phi) is 3.54. The summed E-state index contributed by atoms with van der Waals surface area (Å²) in [5.41, 5.74) is 0. The summed E-state index contributed by atoms with van der Waals surface area (Å²) in [6, 6.07) is 0.830. The molecular weight excluding hydrogens is 129 g/mol. The molecule has 1 heterocycles. The van der Waals surface area contributed by atoms with Crippen molar-refractivity contribution in [2.45, 2.75) is 31.7 Å². The smallest absolute Gasteiger partial charge is 0.00702 e. The molecule has 1 N–H and O–H groups in total. The van der Waals surface area contributed by atoms with Crippen LogP contribution in [-0.2, 0) is 0 Å². The van der Waals surface area contributed by atoms with Crippen LogP contribution in [0.25, 0.3) is 0 Å². The highest BCUT2D eigenvalue weighted by Crippen LogP contribution is 2.10. The van der Waals surface area contributed by atoms with Crippen LogP contribution < -0.4 is 5.32 Å². The first-order valence-corrected chi connectivity index (χ1v) is 4.68. The van der Waals surface area contributed by atoms with Gasteiger partial charge in [-0.25, -0.2) is 0 Å². The van der Waals surface area contributed by atoms with E-state index in [-0.39, 0.29) is 0 Å². The van der Waals surface area contributed by atoms with Gasteiger partial charge in [0.15, 0.2) is 0 Å². The van der Waals surface area contributed by atoms with Gasteiger partial charge in [-0.05, 0) is 32.0 Å². The van der Waals surface area contributed by atoms with E-state index < -0.39 is 0 Å². The van der Waals surface area contributed by atoms with E-state index in [1.807, 2.05) is 0 Å². The van der Waals surface area contributed by atoms with Crippen LogP contribution in [0.15, 0.2) is 0 Å². The third-order valence-electron chi connectivity index (χ3n) is 1.93. The van der Waals surface area contributed by atoms with E-state index in [0.29, 0.717) is 0 Å². The maximum Gasteiger partial charge on any atom is 0.00702 e. The molecule has 1 saturated heterocycles. The molecule has 0 spiro atoms. The Balaban J connectivity index is 2.08. The molecule has 1 rings (SSSR count). The zero-order valence-corrected chi connectivity index (χ0v) is 7.05. The van der Waals surface area contributed by atoms with Crippen molar-refractivity contribution in [1.82, 2.24) is 5.32 Å². The van der Waals surface area contributed by atoms with Gasteiger partial charge in [-0.2, -0.15) is 0 Å². The van der Waals surface area contributed by atoms with Crippen LogP contribution in [0.2, 0.25) is 0 Å². The predicted molar refractivity (Wildman–Crippen MR) is 44.8 cm³/mol. The van der Waals surface area contributed by atoms with Gasteiger partial charge in [0.2, 0.25) is 0 Å². The van der Waals surface area contributed by atoms with Crippen molar-refractivity contribution >= 4 is 9.24 Å². The Morgan fingerprint density at radius 2 is 2.33 bits per heavy atom. The van der Waals surface area contributed by atoms with Crippen LogP contribution in [0.4, 0.5) is 0 Å². The van der Waals surface area contributed by atoms with Gasteiger partial charge >= 0.3 is 0 Å². The summed E-state index contributed by atoms with van der Waals surface area (Å²) >= 11 is 0. The Hall–Kier alpha value is 0.390. The van der Waals surface area contributed by atoms with Crippen molar-refractivity contribution in [2.24, 2.45) is 0 Å². The van der Waals surface area contributed by atoms with E-state index in [1.165, 1.54) is 38.4 Å². The van der Waals surface area contributed by atoms with Crippen molar-refractivity contribution < 1.29 is 0 Å². The van der Waals surface area contributed by atoms with Crippen molar-refractivity contribution in [3.05, 3.63) is 0 Å². The molecule has 2 unspecified atom stereocenters. The molecule has 0 bridgehead atoms. The van der Waals surface area contributed by atoms with Gasteiger partial charge in [0, 0.05) is 6.04 Å². The van der Waals surface area contributed by atoms with E-state index >= 15 is 0 Å². The molecular formula is C7H16NP. The predicted octanol–water partition coefficient (Wildman–Crippen LogP) is 1.39. The topological polar surface area (TPSA) is 12.0 Å². The second-order valence-corrected chi connectivity index (χ2v) is 3.30. The molecule has 9 heavy (non-hydrogen) atoms. The molecule has 0 aromatic carbocycles. The number of piperidine rings is 1. The molecule has 1 nitrogen and oxygen atoms in total. The first kappa shape index (κ1) is 7.50. The van der Waals surface area contributed by atoms with Crippen LogP contribution >= 0.6 is 9.24 Å². The molecule has 1 fully saturated rings. The zero-order chi connectivity index (χ0) is 6.53. The highest BCUT2D eigenvalue weighted by molar-refractivity contribution is 7.16. The maximum absolute atomic E-state index is 3.51. The maximum atomic E-state index is 3.51. The Labute approximate surface area is 59.8 Å². The van der Waals surface area contributed by atoms with Gasteiger partial charge in [0.05, 0.1) is 0 Å². The molecule has 1 aliphatic rings. The summed E-state index contributed by atoms with van der Waals surface area (Å²) < 4.78 is 0. The summed E-state index contributed by atoms with van der Waals surface area (Å²) in [6.45, 7) is 1.25. The van der Waals surface area contributed by atoms with Gasteiger partial charge < -0.3 is 5.32 Å². The van der Waals surface area contributed by atoms with Crippen LogP contribution in [0.1, 0.15) is 25.7 Å². The summed E-state index contributed by atoms with van der Waals surface area (Å²) in [4.78, 5) is 0. The first-order chi connectivity index (χ1) is 4.43. The minimum Gasteiger partial charge on any atom is -0.314 e. The fourth-order valence-corrected chi connectivity index (χ4v) is 1.77. The molecule has 0 radical (unpaired) electrons. The van der Waals surface area contributed by atoms with Gasteiger partial charge in [0.25, 0.3) is 0 Å². The first-order valence-electron chi connectivity index (χ1n) is 3.87. The van der Waals surface area contributed by atoms with Crippen LogP contribution in [0.5, 0.6) is 0 Å². The van der Waals surface area contributed by atoms with Gasteiger partial charge in [-0.1, -0.05) is 6.42 Å². The second kappa shape index (κ2) is 4.24. The average Bonchev–Trinajstić information content (AvgIpc) is 1.91. The van der Waals surface area contributed by atoms with Gasteiger partial charge in [-0.3, -0.25) is 0 Å². The highest BCUT2D eigenvalue weighted by atomic mass is 31.0. The highest BCUT2D eigenvalue weighted by Gasteiger charge is 2.09. The fourth-order valence-electron chi connectivity index (χ4n) is 1.37. The van der Waals surface area contributed by atoms with Crippen LogP contribution in [-0.4, -0.2) is 18.7 Å². The lowest BCUT2D eigenvalue weighted by Gasteiger charge is -2.22. The van der Waals surface area contributed by atoms with E-state index in [4.69, 9.17) is 0 Å². The average molecular weight is 145 g/mol. The largest absolute Gasteiger partial charge is 0.314 e. The number of hydrogen-bond acceptors (Lipinski definition) is 1. The van der Waals surface area contributed by atoms with Crippen molar-refractivity contribution in [3.63, 3.8) is 0 Å². The molecule has 0 saturated carbocycles. The minimum atomic E-state index is 0.830. The van der Waals surface area contributed by atoms with E-state index in [0.717, 1.165) is 6.04 Å².